The Morgan fingerprint density at radius 3 is 2.26 bits per heavy atom. The molecule has 0 amide bonds. The van der Waals surface area contributed by atoms with Crippen LogP contribution in [-0.4, -0.2) is 23.6 Å². The number of rotatable bonds is 2. The Morgan fingerprint density at radius 2 is 1.68 bits per heavy atom. The molecule has 1 aliphatic carbocycles. The molecule has 0 saturated heterocycles. The summed E-state index contributed by atoms with van der Waals surface area (Å²) >= 11 is 0. The van der Waals surface area contributed by atoms with Crippen molar-refractivity contribution in [2.75, 3.05) is 5.73 Å². The summed E-state index contributed by atoms with van der Waals surface area (Å²) in [6.07, 6.45) is -1.46. The molecule has 0 radical (unpaired) electrons. The van der Waals surface area contributed by atoms with Crippen molar-refractivity contribution in [2.24, 2.45) is 0 Å². The Labute approximate surface area is 106 Å². The summed E-state index contributed by atoms with van der Waals surface area (Å²) in [5, 5.41) is 0. The quantitative estimate of drug-likeness (QED) is 0.492. The summed E-state index contributed by atoms with van der Waals surface area (Å²) in [7, 11) is 0. The highest BCUT2D eigenvalue weighted by Crippen LogP contribution is 2.21. The fourth-order valence-corrected chi connectivity index (χ4v) is 1.73. The largest absolute Gasteiger partial charge is 0.443 e. The minimum absolute atomic E-state index is 0.00401. The highest BCUT2D eigenvalue weighted by Gasteiger charge is 2.36. The molecule has 0 atom stereocenters. The van der Waals surface area contributed by atoms with Gasteiger partial charge in [-0.25, -0.2) is 13.6 Å². The van der Waals surface area contributed by atoms with Gasteiger partial charge in [-0.3, -0.25) is 9.59 Å². The van der Waals surface area contributed by atoms with Crippen molar-refractivity contribution in [1.29, 1.82) is 0 Å². The molecule has 0 unspecified atom stereocenters. The van der Waals surface area contributed by atoms with Crippen molar-refractivity contribution in [3.05, 3.63) is 29.3 Å². The number of hydrogen-bond acceptors (Lipinski definition) is 5. The molecule has 2 rings (SSSR count). The molecule has 1 saturated carbocycles. The fourth-order valence-electron chi connectivity index (χ4n) is 1.73. The number of carbonyl (C=O) groups is 3. The first-order valence-corrected chi connectivity index (χ1v) is 5.41. The molecule has 5 nitrogen and oxygen atoms in total. The predicted octanol–water partition coefficient (Wildman–Crippen LogP) is 1.00. The normalized spacial score (nSPS) is 15.9. The summed E-state index contributed by atoms with van der Waals surface area (Å²) < 4.78 is 30.5. The van der Waals surface area contributed by atoms with E-state index in [1.807, 2.05) is 0 Å². The van der Waals surface area contributed by atoms with Crippen LogP contribution < -0.4 is 5.73 Å². The Bertz CT molecular complexity index is 569. The third-order valence-corrected chi connectivity index (χ3v) is 2.74. The Kier molecular flexibility index (Phi) is 3.28. The Balaban J connectivity index is 2.23. The molecular formula is C12H9F2NO4. The zero-order chi connectivity index (χ0) is 14.2. The number of anilines is 1. The van der Waals surface area contributed by atoms with Crippen LogP contribution in [-0.2, 0) is 14.3 Å². The zero-order valence-electron chi connectivity index (χ0n) is 9.61. The van der Waals surface area contributed by atoms with Gasteiger partial charge in [-0.15, -0.1) is 0 Å². The lowest BCUT2D eigenvalue weighted by molar-refractivity contribution is -0.133. The third-order valence-electron chi connectivity index (χ3n) is 2.74. The molecule has 1 aliphatic rings. The minimum Gasteiger partial charge on any atom is -0.443 e. The van der Waals surface area contributed by atoms with E-state index in [1.165, 1.54) is 0 Å². The Morgan fingerprint density at radius 1 is 1.16 bits per heavy atom. The monoisotopic (exact) mass is 269 g/mol. The number of hydrogen-bond donors (Lipinski definition) is 1. The lowest BCUT2D eigenvalue weighted by Crippen LogP contribution is -2.28. The van der Waals surface area contributed by atoms with Crippen molar-refractivity contribution >= 4 is 23.2 Å². The van der Waals surface area contributed by atoms with E-state index < -0.39 is 40.8 Å². The van der Waals surface area contributed by atoms with Crippen LogP contribution >= 0.6 is 0 Å². The van der Waals surface area contributed by atoms with Gasteiger partial charge >= 0.3 is 5.97 Å². The van der Waals surface area contributed by atoms with Crippen LogP contribution in [0.2, 0.25) is 0 Å². The summed E-state index contributed by atoms with van der Waals surface area (Å²) in [4.78, 5) is 34.3. The van der Waals surface area contributed by atoms with E-state index in [0.717, 1.165) is 0 Å². The summed E-state index contributed by atoms with van der Waals surface area (Å²) in [6.45, 7) is 0. The second-order valence-electron chi connectivity index (χ2n) is 4.07. The molecule has 0 spiro atoms. The number of benzene rings is 1. The standard InChI is InChI=1S/C12H9F2NO4/c13-6-3-5(8(15)4-7(6)14)12(18)19-11-9(16)1-2-10(11)17/h3-4,11H,1-2,15H2. The SMILES string of the molecule is Nc1cc(F)c(F)cc1C(=O)OC1C(=O)CCC1=O. The van der Waals surface area contributed by atoms with E-state index in [9.17, 15) is 23.2 Å². The van der Waals surface area contributed by atoms with Gasteiger partial charge in [-0.1, -0.05) is 0 Å². The first-order chi connectivity index (χ1) is 8.90. The van der Waals surface area contributed by atoms with Gasteiger partial charge in [-0.05, 0) is 6.07 Å². The van der Waals surface area contributed by atoms with Crippen LogP contribution in [0.3, 0.4) is 0 Å². The molecule has 1 aromatic carbocycles. The van der Waals surface area contributed by atoms with Gasteiger partial charge < -0.3 is 10.5 Å². The molecule has 0 aromatic heterocycles. The number of ketones is 2. The zero-order valence-corrected chi connectivity index (χ0v) is 9.61. The number of esters is 1. The number of halogens is 2. The number of nitrogen functional groups attached to an aromatic ring is 1. The molecule has 1 aromatic rings. The highest BCUT2D eigenvalue weighted by atomic mass is 19.2. The van der Waals surface area contributed by atoms with Gasteiger partial charge in [0.1, 0.15) is 0 Å². The first-order valence-electron chi connectivity index (χ1n) is 5.41. The summed E-state index contributed by atoms with van der Waals surface area (Å²) in [6, 6.07) is 1.20. The minimum atomic E-state index is -1.47. The number of nitrogens with two attached hydrogens (primary N) is 1. The van der Waals surface area contributed by atoms with Gasteiger partial charge in [0.15, 0.2) is 23.2 Å². The van der Waals surface area contributed by atoms with Crippen molar-refractivity contribution in [1.82, 2.24) is 0 Å². The van der Waals surface area contributed by atoms with E-state index in [-0.39, 0.29) is 18.5 Å². The maximum atomic E-state index is 13.0. The maximum absolute atomic E-state index is 13.0. The molecule has 100 valence electrons. The molecule has 0 heterocycles. The van der Waals surface area contributed by atoms with Crippen molar-refractivity contribution < 1.29 is 27.9 Å². The average Bonchev–Trinajstić information content (AvgIpc) is 2.65. The topological polar surface area (TPSA) is 86.5 Å². The maximum Gasteiger partial charge on any atom is 0.341 e. The molecule has 19 heavy (non-hydrogen) atoms. The molecule has 7 heteroatoms. The molecule has 2 N–H and O–H groups in total. The third kappa shape index (κ3) is 2.44. The second kappa shape index (κ2) is 4.75. The highest BCUT2D eigenvalue weighted by molar-refractivity contribution is 6.13. The van der Waals surface area contributed by atoms with Gasteiger partial charge in [0.2, 0.25) is 6.10 Å². The van der Waals surface area contributed by atoms with Gasteiger partial charge in [0.25, 0.3) is 0 Å². The lowest BCUT2D eigenvalue weighted by atomic mass is 10.1. The van der Waals surface area contributed by atoms with Gasteiger partial charge in [-0.2, -0.15) is 0 Å². The van der Waals surface area contributed by atoms with E-state index in [1.54, 1.807) is 0 Å². The Hall–Kier alpha value is -2.31. The fraction of sp³-hybridized carbons (Fsp3) is 0.250. The van der Waals surface area contributed by atoms with Gasteiger partial charge in [0.05, 0.1) is 5.56 Å². The lowest BCUT2D eigenvalue weighted by Gasteiger charge is -2.11. The molecule has 1 fully saturated rings. The van der Waals surface area contributed by atoms with Crippen molar-refractivity contribution in [3.8, 4) is 0 Å². The van der Waals surface area contributed by atoms with Crippen LogP contribution in [0.15, 0.2) is 12.1 Å². The molecular weight excluding hydrogens is 260 g/mol. The van der Waals surface area contributed by atoms with Crippen molar-refractivity contribution in [3.63, 3.8) is 0 Å². The molecule has 0 bridgehead atoms. The van der Waals surface area contributed by atoms with E-state index in [4.69, 9.17) is 10.5 Å². The van der Waals surface area contributed by atoms with E-state index in [2.05, 4.69) is 0 Å². The average molecular weight is 269 g/mol. The number of ether oxygens (including phenoxy) is 1. The van der Waals surface area contributed by atoms with Crippen LogP contribution in [0, 0.1) is 11.6 Å². The second-order valence-corrected chi connectivity index (χ2v) is 4.07. The van der Waals surface area contributed by atoms with Crippen LogP contribution in [0.1, 0.15) is 23.2 Å². The van der Waals surface area contributed by atoms with Crippen LogP contribution in [0.5, 0.6) is 0 Å². The molecule has 0 aliphatic heterocycles. The van der Waals surface area contributed by atoms with Crippen LogP contribution in [0.4, 0.5) is 14.5 Å². The van der Waals surface area contributed by atoms with Gasteiger partial charge in [0, 0.05) is 24.6 Å². The van der Waals surface area contributed by atoms with Crippen molar-refractivity contribution in [2.45, 2.75) is 18.9 Å². The number of Topliss-reactive ketones (excluding diaryl/α,β-unsaturated/α-hetero) is 2. The van der Waals surface area contributed by atoms with E-state index in [0.29, 0.717) is 12.1 Å². The summed E-state index contributed by atoms with van der Waals surface area (Å²) in [5.41, 5.74) is 4.60. The summed E-state index contributed by atoms with van der Waals surface area (Å²) in [5.74, 6) is -4.64. The van der Waals surface area contributed by atoms with E-state index >= 15 is 0 Å². The smallest absolute Gasteiger partial charge is 0.341 e. The van der Waals surface area contributed by atoms with Crippen LogP contribution in [0.25, 0.3) is 0 Å². The first kappa shape index (κ1) is 13.1. The number of carbonyl (C=O) groups excluding carboxylic acids is 3. The predicted molar refractivity (Wildman–Crippen MR) is 59.2 cm³/mol.